The smallest absolute Gasteiger partial charge is 0.167 e. The Bertz CT molecular complexity index is 358. The van der Waals surface area contributed by atoms with E-state index in [2.05, 4.69) is 16.3 Å². The van der Waals surface area contributed by atoms with Crippen molar-refractivity contribution in [3.05, 3.63) is 48.5 Å². The number of alkyl halides is 1. The van der Waals surface area contributed by atoms with Gasteiger partial charge in [-0.2, -0.15) is 5.10 Å². The SMILES string of the molecule is ClC(c1ccccn1)n1cc[c]n1. The molecule has 0 N–H and O–H groups in total. The highest BCUT2D eigenvalue weighted by molar-refractivity contribution is 6.20. The van der Waals surface area contributed by atoms with E-state index in [0.717, 1.165) is 5.69 Å². The van der Waals surface area contributed by atoms with E-state index in [1.807, 2.05) is 18.2 Å². The van der Waals surface area contributed by atoms with Crippen LogP contribution in [0.25, 0.3) is 0 Å². The highest BCUT2D eigenvalue weighted by Gasteiger charge is 2.09. The molecule has 0 saturated carbocycles. The first-order valence-electron chi connectivity index (χ1n) is 3.84. The van der Waals surface area contributed by atoms with Crippen LogP contribution in [0.4, 0.5) is 0 Å². The summed E-state index contributed by atoms with van der Waals surface area (Å²) in [7, 11) is 0. The van der Waals surface area contributed by atoms with E-state index in [1.54, 1.807) is 23.1 Å². The first-order chi connectivity index (χ1) is 6.38. The van der Waals surface area contributed by atoms with Crippen LogP contribution in [0.15, 0.2) is 36.7 Å². The summed E-state index contributed by atoms with van der Waals surface area (Å²) in [6.45, 7) is 0. The molecular weight excluding hydrogens is 186 g/mol. The van der Waals surface area contributed by atoms with E-state index < -0.39 is 0 Å². The Hall–Kier alpha value is -1.35. The lowest BCUT2D eigenvalue weighted by atomic mass is 10.3. The first-order valence-corrected chi connectivity index (χ1v) is 4.28. The monoisotopic (exact) mass is 192 g/mol. The molecule has 0 spiro atoms. The third-order valence-electron chi connectivity index (χ3n) is 1.64. The Labute approximate surface area is 81.0 Å². The zero-order chi connectivity index (χ0) is 9.10. The maximum absolute atomic E-state index is 6.09. The van der Waals surface area contributed by atoms with Gasteiger partial charge in [0.1, 0.15) is 6.20 Å². The second kappa shape index (κ2) is 3.58. The summed E-state index contributed by atoms with van der Waals surface area (Å²) in [5.41, 5.74) is 0.425. The van der Waals surface area contributed by atoms with Crippen LogP contribution in [0.2, 0.25) is 0 Å². The fourth-order valence-corrected chi connectivity index (χ4v) is 1.26. The van der Waals surface area contributed by atoms with E-state index >= 15 is 0 Å². The molecule has 1 unspecified atom stereocenters. The molecule has 4 heteroatoms. The van der Waals surface area contributed by atoms with E-state index in [9.17, 15) is 0 Å². The highest BCUT2D eigenvalue weighted by Crippen LogP contribution is 2.18. The number of aromatic nitrogens is 3. The lowest BCUT2D eigenvalue weighted by Gasteiger charge is -2.07. The van der Waals surface area contributed by atoms with Crippen LogP contribution in [-0.2, 0) is 0 Å². The van der Waals surface area contributed by atoms with Crippen molar-refractivity contribution < 1.29 is 0 Å². The molecule has 2 heterocycles. The van der Waals surface area contributed by atoms with E-state index in [4.69, 9.17) is 11.6 Å². The second-order valence-electron chi connectivity index (χ2n) is 2.52. The first kappa shape index (κ1) is 8.26. The molecule has 0 aliphatic rings. The maximum atomic E-state index is 6.09. The van der Waals surface area contributed by atoms with E-state index in [0.29, 0.717) is 0 Å². The normalized spacial score (nSPS) is 12.7. The van der Waals surface area contributed by atoms with E-state index in [-0.39, 0.29) is 5.50 Å². The molecular formula is C9H7ClN3. The molecule has 1 radical (unpaired) electrons. The van der Waals surface area contributed by atoms with Gasteiger partial charge in [0.25, 0.3) is 0 Å². The number of pyridine rings is 1. The van der Waals surface area contributed by atoms with Crippen LogP contribution in [0.3, 0.4) is 0 Å². The van der Waals surface area contributed by atoms with Gasteiger partial charge in [-0.15, -0.1) is 0 Å². The molecule has 2 rings (SSSR count). The molecule has 1 atom stereocenters. The molecule has 0 aliphatic heterocycles. The molecule has 0 bridgehead atoms. The van der Waals surface area contributed by atoms with Crippen LogP contribution >= 0.6 is 11.6 Å². The summed E-state index contributed by atoms with van der Waals surface area (Å²) in [5.74, 6) is 0. The number of hydrogen-bond acceptors (Lipinski definition) is 2. The molecule has 0 aromatic carbocycles. The Morgan fingerprint density at radius 3 is 3.00 bits per heavy atom. The van der Waals surface area contributed by atoms with Crippen molar-refractivity contribution in [1.82, 2.24) is 14.8 Å². The largest absolute Gasteiger partial charge is 0.258 e. The average Bonchev–Trinajstić information content (AvgIpc) is 2.71. The zero-order valence-electron chi connectivity index (χ0n) is 6.76. The van der Waals surface area contributed by atoms with Gasteiger partial charge in [0.15, 0.2) is 5.50 Å². The van der Waals surface area contributed by atoms with Gasteiger partial charge in [0.05, 0.1) is 5.69 Å². The van der Waals surface area contributed by atoms with Gasteiger partial charge in [-0.25, -0.2) is 4.68 Å². The van der Waals surface area contributed by atoms with Crippen molar-refractivity contribution in [2.24, 2.45) is 0 Å². The van der Waals surface area contributed by atoms with Crippen molar-refractivity contribution in [3.63, 3.8) is 0 Å². The Morgan fingerprint density at radius 1 is 1.46 bits per heavy atom. The second-order valence-corrected chi connectivity index (χ2v) is 2.93. The van der Waals surface area contributed by atoms with Crippen LogP contribution in [-0.4, -0.2) is 14.8 Å². The molecule has 0 fully saturated rings. The Morgan fingerprint density at radius 2 is 2.38 bits per heavy atom. The molecule has 13 heavy (non-hydrogen) atoms. The van der Waals surface area contributed by atoms with Gasteiger partial charge < -0.3 is 0 Å². The molecule has 0 amide bonds. The molecule has 2 aromatic heterocycles. The van der Waals surface area contributed by atoms with Crippen molar-refractivity contribution in [2.75, 3.05) is 0 Å². The third kappa shape index (κ3) is 1.70. The predicted octanol–water partition coefficient (Wildman–Crippen LogP) is 1.86. The summed E-state index contributed by atoms with van der Waals surface area (Å²) < 4.78 is 1.60. The topological polar surface area (TPSA) is 30.7 Å². The number of rotatable bonds is 2. The van der Waals surface area contributed by atoms with Crippen LogP contribution in [0.1, 0.15) is 11.2 Å². The van der Waals surface area contributed by atoms with Gasteiger partial charge in [0, 0.05) is 12.4 Å². The van der Waals surface area contributed by atoms with Gasteiger partial charge in [0.2, 0.25) is 0 Å². The van der Waals surface area contributed by atoms with Crippen LogP contribution < -0.4 is 0 Å². The standard InChI is InChI=1S/C9H7ClN3/c10-9(13-7-3-6-12-13)8-4-1-2-5-11-8/h1-5,7,9H. The quantitative estimate of drug-likeness (QED) is 0.681. The average molecular weight is 193 g/mol. The zero-order valence-corrected chi connectivity index (χ0v) is 7.52. The molecule has 0 aliphatic carbocycles. The number of hydrogen-bond donors (Lipinski definition) is 0. The minimum absolute atomic E-state index is 0.354. The summed E-state index contributed by atoms with van der Waals surface area (Å²) in [4.78, 5) is 4.13. The van der Waals surface area contributed by atoms with Gasteiger partial charge in [-0.3, -0.25) is 4.98 Å². The predicted molar refractivity (Wildman–Crippen MR) is 49.3 cm³/mol. The van der Waals surface area contributed by atoms with Gasteiger partial charge in [-0.05, 0) is 18.2 Å². The lowest BCUT2D eigenvalue weighted by molar-refractivity contribution is 0.646. The molecule has 65 valence electrons. The van der Waals surface area contributed by atoms with Crippen molar-refractivity contribution in [2.45, 2.75) is 5.50 Å². The fourth-order valence-electron chi connectivity index (χ4n) is 1.02. The van der Waals surface area contributed by atoms with Crippen LogP contribution in [0, 0.1) is 6.20 Å². The van der Waals surface area contributed by atoms with Crippen molar-refractivity contribution in [3.8, 4) is 0 Å². The summed E-state index contributed by atoms with van der Waals surface area (Å²) >= 11 is 6.09. The fraction of sp³-hybridized carbons (Fsp3) is 0.111. The number of halogens is 1. The summed E-state index contributed by atoms with van der Waals surface area (Å²) in [5, 5.41) is 3.91. The van der Waals surface area contributed by atoms with Crippen molar-refractivity contribution in [1.29, 1.82) is 0 Å². The minimum Gasteiger partial charge on any atom is -0.258 e. The lowest BCUT2D eigenvalue weighted by Crippen LogP contribution is -2.05. The number of nitrogens with zero attached hydrogens (tertiary/aromatic N) is 3. The van der Waals surface area contributed by atoms with Gasteiger partial charge >= 0.3 is 0 Å². The molecule has 3 nitrogen and oxygen atoms in total. The highest BCUT2D eigenvalue weighted by atomic mass is 35.5. The molecule has 0 saturated heterocycles. The van der Waals surface area contributed by atoms with Crippen molar-refractivity contribution >= 4 is 11.6 Å². The maximum Gasteiger partial charge on any atom is 0.167 e. The summed E-state index contributed by atoms with van der Waals surface area (Å²) in [6, 6.07) is 7.31. The van der Waals surface area contributed by atoms with Crippen LogP contribution in [0.5, 0.6) is 0 Å². The summed E-state index contributed by atoms with van der Waals surface area (Å²) in [6.07, 6.45) is 6.14. The third-order valence-corrected chi connectivity index (χ3v) is 2.06. The Kier molecular flexibility index (Phi) is 2.27. The molecule has 2 aromatic rings. The van der Waals surface area contributed by atoms with E-state index in [1.165, 1.54) is 0 Å². The minimum atomic E-state index is -0.354. The Balaban J connectivity index is 2.29. The van der Waals surface area contributed by atoms with Gasteiger partial charge in [-0.1, -0.05) is 17.7 Å².